The Morgan fingerprint density at radius 2 is 2.00 bits per heavy atom. The minimum absolute atomic E-state index is 0.0884. The molecule has 3 aromatic rings. The molecule has 0 spiro atoms. The number of hydrogen-bond donors (Lipinski definition) is 1. The molecular formula is C17H18N2O3S. The first-order chi connectivity index (χ1) is 11.2. The van der Waals surface area contributed by atoms with E-state index in [-0.39, 0.29) is 5.56 Å². The van der Waals surface area contributed by atoms with Crippen molar-refractivity contribution in [3.05, 3.63) is 45.8 Å². The lowest BCUT2D eigenvalue weighted by atomic mass is 10.1. The Labute approximate surface area is 137 Å². The van der Waals surface area contributed by atoms with Gasteiger partial charge in [0.25, 0.3) is 5.56 Å². The van der Waals surface area contributed by atoms with Crippen molar-refractivity contribution in [2.24, 2.45) is 0 Å². The molecule has 0 aliphatic carbocycles. The van der Waals surface area contributed by atoms with Gasteiger partial charge in [0.15, 0.2) is 0 Å². The summed E-state index contributed by atoms with van der Waals surface area (Å²) >= 11 is 1.49. The van der Waals surface area contributed by atoms with Gasteiger partial charge in [0.2, 0.25) is 0 Å². The summed E-state index contributed by atoms with van der Waals surface area (Å²) in [4.78, 5) is 20.7. The van der Waals surface area contributed by atoms with Crippen LogP contribution >= 0.6 is 11.3 Å². The molecule has 0 radical (unpaired) electrons. The van der Waals surface area contributed by atoms with Crippen molar-refractivity contribution in [2.75, 3.05) is 20.8 Å². The van der Waals surface area contributed by atoms with E-state index in [0.29, 0.717) is 24.2 Å². The van der Waals surface area contributed by atoms with Gasteiger partial charge in [-0.1, -0.05) is 12.1 Å². The number of methoxy groups -OCH3 is 2. The number of thiophene rings is 1. The number of benzene rings is 1. The Hall–Kier alpha value is -2.18. The van der Waals surface area contributed by atoms with Gasteiger partial charge in [0.05, 0.1) is 12.5 Å². The van der Waals surface area contributed by atoms with E-state index in [1.165, 1.54) is 11.3 Å². The number of rotatable bonds is 6. The van der Waals surface area contributed by atoms with Crippen LogP contribution in [0.25, 0.3) is 21.3 Å². The molecule has 5 nitrogen and oxygen atoms in total. The minimum Gasteiger partial charge on any atom is -0.497 e. The van der Waals surface area contributed by atoms with Gasteiger partial charge in [-0.2, -0.15) is 0 Å². The van der Waals surface area contributed by atoms with E-state index in [2.05, 4.69) is 9.97 Å². The minimum atomic E-state index is -0.0884. The summed E-state index contributed by atoms with van der Waals surface area (Å²) in [5.74, 6) is 1.50. The van der Waals surface area contributed by atoms with Crippen LogP contribution in [0.3, 0.4) is 0 Å². The highest BCUT2D eigenvalue weighted by atomic mass is 32.1. The van der Waals surface area contributed by atoms with Gasteiger partial charge in [0.1, 0.15) is 16.4 Å². The summed E-state index contributed by atoms with van der Waals surface area (Å²) in [5.41, 5.74) is 1.80. The third-order valence-electron chi connectivity index (χ3n) is 3.66. The molecule has 0 fully saturated rings. The quantitative estimate of drug-likeness (QED) is 0.705. The standard InChI is InChI=1S/C17H18N2O3S/c1-21-9-3-4-14-18-16(20)15-13(10-23-17(15)19-14)11-5-7-12(22-2)8-6-11/h5-8,10H,3-4,9H2,1-2H3,(H,18,19,20). The predicted molar refractivity (Wildman–Crippen MR) is 92.4 cm³/mol. The molecule has 1 N–H and O–H groups in total. The third-order valence-corrected chi connectivity index (χ3v) is 4.53. The Kier molecular flexibility index (Phi) is 4.73. The maximum atomic E-state index is 12.5. The highest BCUT2D eigenvalue weighted by Crippen LogP contribution is 2.31. The number of aromatic amines is 1. The first kappa shape index (κ1) is 15.7. The van der Waals surface area contributed by atoms with Crippen LogP contribution in [0.4, 0.5) is 0 Å². The molecule has 6 heteroatoms. The SMILES string of the molecule is COCCCc1nc2scc(-c3ccc(OC)cc3)c2c(=O)[nH]1. The molecule has 3 rings (SSSR count). The first-order valence-corrected chi connectivity index (χ1v) is 8.24. The van der Waals surface area contributed by atoms with Crippen molar-refractivity contribution in [1.82, 2.24) is 9.97 Å². The Morgan fingerprint density at radius 1 is 1.22 bits per heavy atom. The van der Waals surface area contributed by atoms with E-state index >= 15 is 0 Å². The summed E-state index contributed by atoms with van der Waals surface area (Å²) in [5, 5.41) is 2.63. The van der Waals surface area contributed by atoms with Crippen LogP contribution in [-0.4, -0.2) is 30.8 Å². The van der Waals surface area contributed by atoms with E-state index in [0.717, 1.165) is 28.1 Å². The van der Waals surface area contributed by atoms with Crippen LogP contribution in [0.15, 0.2) is 34.4 Å². The van der Waals surface area contributed by atoms with Crippen molar-refractivity contribution in [3.8, 4) is 16.9 Å². The van der Waals surface area contributed by atoms with Crippen molar-refractivity contribution < 1.29 is 9.47 Å². The third kappa shape index (κ3) is 3.28. The fourth-order valence-electron chi connectivity index (χ4n) is 2.48. The zero-order valence-corrected chi connectivity index (χ0v) is 13.9. The Morgan fingerprint density at radius 3 is 2.70 bits per heavy atom. The number of nitrogens with zero attached hydrogens (tertiary/aromatic N) is 1. The highest BCUT2D eigenvalue weighted by molar-refractivity contribution is 7.17. The lowest BCUT2D eigenvalue weighted by molar-refractivity contribution is 0.194. The molecule has 0 bridgehead atoms. The molecule has 1 aromatic carbocycles. The summed E-state index contributed by atoms with van der Waals surface area (Å²) < 4.78 is 10.2. The van der Waals surface area contributed by atoms with E-state index in [4.69, 9.17) is 9.47 Å². The number of aromatic nitrogens is 2. The predicted octanol–water partition coefficient (Wildman–Crippen LogP) is 3.24. The van der Waals surface area contributed by atoms with Crippen molar-refractivity contribution in [1.29, 1.82) is 0 Å². The number of ether oxygens (including phenoxy) is 2. The Balaban J connectivity index is 1.98. The molecule has 2 heterocycles. The van der Waals surface area contributed by atoms with Crippen LogP contribution < -0.4 is 10.3 Å². The van der Waals surface area contributed by atoms with Gasteiger partial charge < -0.3 is 14.5 Å². The van der Waals surface area contributed by atoms with E-state index < -0.39 is 0 Å². The summed E-state index contributed by atoms with van der Waals surface area (Å²) in [6.45, 7) is 0.656. The largest absolute Gasteiger partial charge is 0.497 e. The number of H-pyrrole nitrogens is 1. The maximum absolute atomic E-state index is 12.5. The fourth-order valence-corrected chi connectivity index (χ4v) is 3.45. The molecule has 2 aromatic heterocycles. The molecule has 0 amide bonds. The molecule has 23 heavy (non-hydrogen) atoms. The van der Waals surface area contributed by atoms with Crippen LogP contribution in [0.2, 0.25) is 0 Å². The molecule has 0 atom stereocenters. The normalized spacial score (nSPS) is 11.0. The average Bonchev–Trinajstić information content (AvgIpc) is 3.00. The summed E-state index contributed by atoms with van der Waals surface area (Å²) in [6, 6.07) is 7.68. The van der Waals surface area contributed by atoms with Gasteiger partial charge in [-0.05, 0) is 24.1 Å². The van der Waals surface area contributed by atoms with Crippen LogP contribution in [0.5, 0.6) is 5.75 Å². The number of aryl methyl sites for hydroxylation is 1. The van der Waals surface area contributed by atoms with E-state index in [1.807, 2.05) is 29.6 Å². The maximum Gasteiger partial charge on any atom is 0.260 e. The van der Waals surface area contributed by atoms with Gasteiger partial charge >= 0.3 is 0 Å². The zero-order valence-electron chi connectivity index (χ0n) is 13.1. The smallest absolute Gasteiger partial charge is 0.260 e. The number of fused-ring (bicyclic) bond motifs is 1. The van der Waals surface area contributed by atoms with Crippen LogP contribution in [0.1, 0.15) is 12.2 Å². The number of nitrogens with one attached hydrogen (secondary N) is 1. The number of hydrogen-bond acceptors (Lipinski definition) is 5. The molecule has 0 aliphatic rings. The molecule has 0 aliphatic heterocycles. The van der Waals surface area contributed by atoms with E-state index in [9.17, 15) is 4.79 Å². The van der Waals surface area contributed by atoms with Crippen LogP contribution in [-0.2, 0) is 11.2 Å². The van der Waals surface area contributed by atoms with Crippen molar-refractivity contribution >= 4 is 21.6 Å². The molecular weight excluding hydrogens is 312 g/mol. The van der Waals surface area contributed by atoms with Gasteiger partial charge in [-0.15, -0.1) is 11.3 Å². The fraction of sp³-hybridized carbons (Fsp3) is 0.294. The van der Waals surface area contributed by atoms with Crippen LogP contribution in [0, 0.1) is 0 Å². The topological polar surface area (TPSA) is 64.2 Å². The van der Waals surface area contributed by atoms with Gasteiger partial charge in [-0.3, -0.25) is 4.79 Å². The van der Waals surface area contributed by atoms with Gasteiger partial charge in [0, 0.05) is 31.1 Å². The second kappa shape index (κ2) is 6.93. The van der Waals surface area contributed by atoms with Crippen molar-refractivity contribution in [2.45, 2.75) is 12.8 Å². The van der Waals surface area contributed by atoms with Gasteiger partial charge in [-0.25, -0.2) is 4.98 Å². The summed E-state index contributed by atoms with van der Waals surface area (Å²) in [6.07, 6.45) is 1.54. The molecule has 0 saturated heterocycles. The monoisotopic (exact) mass is 330 g/mol. The molecule has 0 saturated carbocycles. The lowest BCUT2D eigenvalue weighted by Crippen LogP contribution is -2.11. The second-order valence-electron chi connectivity index (χ2n) is 5.17. The van der Waals surface area contributed by atoms with E-state index in [1.54, 1.807) is 14.2 Å². The summed E-state index contributed by atoms with van der Waals surface area (Å²) in [7, 11) is 3.30. The molecule has 120 valence electrons. The van der Waals surface area contributed by atoms with Crippen molar-refractivity contribution in [3.63, 3.8) is 0 Å². The Bertz CT molecular complexity index is 852. The lowest BCUT2D eigenvalue weighted by Gasteiger charge is -2.03. The highest BCUT2D eigenvalue weighted by Gasteiger charge is 2.13. The second-order valence-corrected chi connectivity index (χ2v) is 6.03. The first-order valence-electron chi connectivity index (χ1n) is 7.36. The molecule has 0 unspecified atom stereocenters. The average molecular weight is 330 g/mol. The zero-order chi connectivity index (χ0) is 16.2.